The molecule has 0 bridgehead atoms. The number of imidazole rings is 1. The number of oxazole rings is 1. The van der Waals surface area contributed by atoms with Crippen molar-refractivity contribution in [1.82, 2.24) is 24.8 Å². The molecule has 1 atom stereocenters. The second-order valence-electron chi connectivity index (χ2n) is 7.94. The van der Waals surface area contributed by atoms with Crippen molar-refractivity contribution in [3.05, 3.63) is 57.5 Å². The minimum absolute atomic E-state index is 0.00832. The molecule has 3 aromatic rings. The molecule has 1 fully saturated rings. The van der Waals surface area contributed by atoms with Gasteiger partial charge in [-0.1, -0.05) is 0 Å². The van der Waals surface area contributed by atoms with Crippen LogP contribution in [0.1, 0.15) is 50.9 Å². The van der Waals surface area contributed by atoms with E-state index in [4.69, 9.17) is 4.42 Å². The fourth-order valence-electron chi connectivity index (χ4n) is 4.47. The number of aryl methyl sites for hydroxylation is 3. The summed E-state index contributed by atoms with van der Waals surface area (Å²) in [6, 6.07) is 1.92. The van der Waals surface area contributed by atoms with E-state index in [1.807, 2.05) is 44.6 Å². The van der Waals surface area contributed by atoms with Crippen LogP contribution in [0.15, 0.2) is 28.3 Å². The molecule has 1 N–H and O–H groups in total. The maximum Gasteiger partial charge on any atom is 0.262 e. The minimum atomic E-state index is -0.0580. The lowest BCUT2D eigenvalue weighted by Crippen LogP contribution is -2.60. The second kappa shape index (κ2) is 6.28. The summed E-state index contributed by atoms with van der Waals surface area (Å²) in [6.07, 6.45) is 4.73. The van der Waals surface area contributed by atoms with Gasteiger partial charge in [-0.2, -0.15) is 0 Å². The number of likely N-dealkylation sites (tertiary alicyclic amines) is 1. The Bertz CT molecular complexity index is 1020. The zero-order valence-electron chi connectivity index (χ0n) is 16.2. The van der Waals surface area contributed by atoms with Gasteiger partial charge in [-0.25, -0.2) is 9.97 Å². The van der Waals surface area contributed by atoms with Crippen molar-refractivity contribution in [2.75, 3.05) is 13.1 Å². The van der Waals surface area contributed by atoms with Crippen LogP contribution in [0, 0.1) is 20.8 Å². The molecule has 2 aliphatic rings. The molecule has 5 heterocycles. The summed E-state index contributed by atoms with van der Waals surface area (Å²) in [5.41, 5.74) is 1.96. The first-order valence-electron chi connectivity index (χ1n) is 9.49. The first-order chi connectivity index (χ1) is 13.4. The maximum absolute atomic E-state index is 12.7. The number of carbonyl (C=O) groups is 1. The lowest BCUT2D eigenvalue weighted by Gasteiger charge is -2.48. The van der Waals surface area contributed by atoms with E-state index in [1.165, 1.54) is 11.3 Å². The smallest absolute Gasteiger partial charge is 0.262 e. The molecule has 1 amide bonds. The van der Waals surface area contributed by atoms with Gasteiger partial charge in [0.05, 0.1) is 28.7 Å². The second-order valence-corrected chi connectivity index (χ2v) is 8.85. The number of nitrogens with one attached hydrogen (secondary N) is 1. The van der Waals surface area contributed by atoms with Crippen molar-refractivity contribution < 1.29 is 9.21 Å². The Morgan fingerprint density at radius 2 is 2.21 bits per heavy atom. The van der Waals surface area contributed by atoms with Crippen molar-refractivity contribution in [2.45, 2.75) is 45.3 Å². The van der Waals surface area contributed by atoms with Crippen molar-refractivity contribution in [3.8, 4) is 0 Å². The van der Waals surface area contributed by atoms with Crippen LogP contribution in [-0.4, -0.2) is 38.4 Å². The Kier molecular flexibility index (Phi) is 3.96. The number of thiophene rings is 1. The Balaban J connectivity index is 1.29. The van der Waals surface area contributed by atoms with Crippen LogP contribution in [0.25, 0.3) is 0 Å². The van der Waals surface area contributed by atoms with Crippen LogP contribution in [0.3, 0.4) is 0 Å². The van der Waals surface area contributed by atoms with Crippen molar-refractivity contribution >= 4 is 17.2 Å². The van der Waals surface area contributed by atoms with Crippen LogP contribution >= 0.6 is 11.3 Å². The standard InChI is InChI=1S/C20H23N5O2S/c1-12-4-7-28-17(12)19(26)23-15-8-20(25-6-5-21-18(15)25)10-24(11-20)9-16-22-13(2)14(3)27-16/h4-7,15H,8-11H2,1-3H3,(H,23,26). The van der Waals surface area contributed by atoms with E-state index < -0.39 is 0 Å². The fourth-order valence-corrected chi connectivity index (χ4v) is 5.29. The lowest BCUT2D eigenvalue weighted by molar-refractivity contribution is 0.00190. The molecule has 1 unspecified atom stereocenters. The molecule has 0 radical (unpaired) electrons. The molecule has 3 aromatic heterocycles. The number of nitrogens with zero attached hydrogens (tertiary/aromatic N) is 4. The number of rotatable bonds is 4. The van der Waals surface area contributed by atoms with Crippen LogP contribution in [-0.2, 0) is 12.1 Å². The molecule has 146 valence electrons. The summed E-state index contributed by atoms with van der Waals surface area (Å²) in [6.45, 7) is 8.41. The highest BCUT2D eigenvalue weighted by atomic mass is 32.1. The molecule has 5 rings (SSSR count). The Hall–Kier alpha value is -2.45. The van der Waals surface area contributed by atoms with E-state index in [1.54, 1.807) is 0 Å². The van der Waals surface area contributed by atoms with Gasteiger partial charge in [0.1, 0.15) is 11.6 Å². The van der Waals surface area contributed by atoms with E-state index in [0.717, 1.165) is 53.1 Å². The molecule has 1 spiro atoms. The van der Waals surface area contributed by atoms with Gasteiger partial charge in [-0.05, 0) is 37.8 Å². The predicted molar refractivity (Wildman–Crippen MR) is 105 cm³/mol. The van der Waals surface area contributed by atoms with Crippen LogP contribution in [0.2, 0.25) is 0 Å². The average molecular weight is 398 g/mol. The Morgan fingerprint density at radius 1 is 1.39 bits per heavy atom. The highest BCUT2D eigenvalue weighted by Gasteiger charge is 2.52. The van der Waals surface area contributed by atoms with E-state index in [2.05, 4.69) is 24.8 Å². The summed E-state index contributed by atoms with van der Waals surface area (Å²) in [5, 5.41) is 5.16. The Morgan fingerprint density at radius 3 is 2.89 bits per heavy atom. The number of amides is 1. The third-order valence-corrected chi connectivity index (χ3v) is 6.93. The molecular formula is C20H23N5O2S. The SMILES string of the molecule is Cc1ccsc1C(=O)NC1CC2(CN(Cc3nc(C)c(C)o3)C2)n2ccnc21. The number of hydrogen-bond acceptors (Lipinski definition) is 6. The molecule has 2 aliphatic heterocycles. The van der Waals surface area contributed by atoms with E-state index in [-0.39, 0.29) is 17.5 Å². The molecule has 7 nitrogen and oxygen atoms in total. The summed E-state index contributed by atoms with van der Waals surface area (Å²) < 4.78 is 7.98. The monoisotopic (exact) mass is 397 g/mol. The maximum atomic E-state index is 12.7. The van der Waals surface area contributed by atoms with E-state index >= 15 is 0 Å². The van der Waals surface area contributed by atoms with Crippen molar-refractivity contribution in [2.24, 2.45) is 0 Å². The zero-order chi connectivity index (χ0) is 19.5. The van der Waals surface area contributed by atoms with Gasteiger partial charge in [0.15, 0.2) is 0 Å². The summed E-state index contributed by atoms with van der Waals surface area (Å²) in [5.74, 6) is 2.59. The Labute approximate surface area is 167 Å². The molecule has 0 saturated carbocycles. The summed E-state index contributed by atoms with van der Waals surface area (Å²) >= 11 is 1.48. The number of hydrogen-bond donors (Lipinski definition) is 1. The summed E-state index contributed by atoms with van der Waals surface area (Å²) in [4.78, 5) is 24.8. The first kappa shape index (κ1) is 17.6. The van der Waals surface area contributed by atoms with Crippen molar-refractivity contribution in [3.63, 3.8) is 0 Å². The third kappa shape index (κ3) is 2.70. The molecule has 28 heavy (non-hydrogen) atoms. The zero-order valence-corrected chi connectivity index (χ0v) is 17.0. The highest BCUT2D eigenvalue weighted by Crippen LogP contribution is 2.45. The van der Waals surface area contributed by atoms with Gasteiger partial charge >= 0.3 is 0 Å². The van der Waals surface area contributed by atoms with E-state index in [0.29, 0.717) is 6.54 Å². The van der Waals surface area contributed by atoms with Crippen LogP contribution in [0.4, 0.5) is 0 Å². The van der Waals surface area contributed by atoms with Gasteiger partial charge in [-0.3, -0.25) is 9.69 Å². The molecule has 0 aromatic carbocycles. The molecule has 0 aliphatic carbocycles. The van der Waals surface area contributed by atoms with Gasteiger partial charge in [0.2, 0.25) is 5.89 Å². The average Bonchev–Trinajstić information content (AvgIpc) is 3.36. The quantitative estimate of drug-likeness (QED) is 0.733. The van der Waals surface area contributed by atoms with Crippen LogP contribution in [0.5, 0.6) is 0 Å². The normalized spacial score (nSPS) is 20.3. The third-order valence-electron chi connectivity index (χ3n) is 5.92. The first-order valence-corrected chi connectivity index (χ1v) is 10.4. The van der Waals surface area contributed by atoms with Gasteiger partial charge in [0, 0.05) is 31.9 Å². The van der Waals surface area contributed by atoms with E-state index in [9.17, 15) is 4.79 Å². The molecular weight excluding hydrogens is 374 g/mol. The number of fused-ring (bicyclic) bond motifs is 2. The lowest BCUT2D eigenvalue weighted by atomic mass is 9.86. The van der Waals surface area contributed by atoms with Gasteiger partial charge in [0.25, 0.3) is 5.91 Å². The number of aromatic nitrogens is 3. The largest absolute Gasteiger partial charge is 0.444 e. The van der Waals surface area contributed by atoms with Crippen LogP contribution < -0.4 is 5.32 Å². The highest BCUT2D eigenvalue weighted by molar-refractivity contribution is 7.12. The summed E-state index contributed by atoms with van der Waals surface area (Å²) in [7, 11) is 0. The van der Waals surface area contributed by atoms with Gasteiger partial charge < -0.3 is 14.3 Å². The van der Waals surface area contributed by atoms with Crippen molar-refractivity contribution in [1.29, 1.82) is 0 Å². The number of carbonyl (C=O) groups excluding carboxylic acids is 1. The minimum Gasteiger partial charge on any atom is -0.444 e. The van der Waals surface area contributed by atoms with Gasteiger partial charge in [-0.15, -0.1) is 11.3 Å². The fraction of sp³-hybridized carbons (Fsp3) is 0.450. The molecule has 8 heteroatoms. The topological polar surface area (TPSA) is 76.2 Å². The molecule has 1 saturated heterocycles. The predicted octanol–water partition coefficient (Wildman–Crippen LogP) is 2.94.